The van der Waals surface area contributed by atoms with Crippen LogP contribution in [0, 0.1) is 0 Å². The lowest BCUT2D eigenvalue weighted by atomic mass is 10.2. The van der Waals surface area contributed by atoms with Crippen molar-refractivity contribution in [3.05, 3.63) is 46.8 Å². The molecule has 0 unspecified atom stereocenters. The predicted molar refractivity (Wildman–Crippen MR) is 57.5 cm³/mol. The molecule has 2 aromatic rings. The summed E-state index contributed by atoms with van der Waals surface area (Å²) in [6.45, 7) is 0. The highest BCUT2D eigenvalue weighted by Gasteiger charge is 2.04. The largest absolute Gasteiger partial charge is 0.265 e. The van der Waals surface area contributed by atoms with Gasteiger partial charge in [0.15, 0.2) is 0 Å². The van der Waals surface area contributed by atoms with Crippen molar-refractivity contribution in [1.29, 1.82) is 0 Å². The standard InChI is InChI=1S/C10H6Cl2N2/c11-8-5-9(12)10(14-6-8)7-1-3-13-4-2-7/h1-6H. The zero-order valence-electron chi connectivity index (χ0n) is 7.11. The van der Waals surface area contributed by atoms with Crippen molar-refractivity contribution in [3.63, 3.8) is 0 Å². The van der Waals surface area contributed by atoms with E-state index in [1.165, 1.54) is 0 Å². The summed E-state index contributed by atoms with van der Waals surface area (Å²) in [7, 11) is 0. The van der Waals surface area contributed by atoms with Crippen LogP contribution in [-0.4, -0.2) is 9.97 Å². The van der Waals surface area contributed by atoms with Crippen LogP contribution in [0.3, 0.4) is 0 Å². The zero-order valence-corrected chi connectivity index (χ0v) is 8.63. The van der Waals surface area contributed by atoms with Crippen LogP contribution in [0.4, 0.5) is 0 Å². The number of nitrogens with zero attached hydrogens (tertiary/aromatic N) is 2. The molecule has 0 atom stereocenters. The van der Waals surface area contributed by atoms with Gasteiger partial charge in [-0.2, -0.15) is 0 Å². The third kappa shape index (κ3) is 1.86. The highest BCUT2D eigenvalue weighted by Crippen LogP contribution is 2.26. The van der Waals surface area contributed by atoms with Gasteiger partial charge in [0.1, 0.15) is 0 Å². The summed E-state index contributed by atoms with van der Waals surface area (Å²) in [5, 5.41) is 1.08. The monoisotopic (exact) mass is 224 g/mol. The molecule has 4 heteroatoms. The highest BCUT2D eigenvalue weighted by atomic mass is 35.5. The summed E-state index contributed by atoms with van der Waals surface area (Å²) < 4.78 is 0. The van der Waals surface area contributed by atoms with Crippen LogP contribution in [0.5, 0.6) is 0 Å². The Bertz CT molecular complexity index is 443. The molecule has 0 aliphatic heterocycles. The molecular weight excluding hydrogens is 219 g/mol. The summed E-state index contributed by atoms with van der Waals surface area (Å²) in [6, 6.07) is 5.37. The lowest BCUT2D eigenvalue weighted by molar-refractivity contribution is 1.29. The van der Waals surface area contributed by atoms with Crippen molar-refractivity contribution in [1.82, 2.24) is 9.97 Å². The first-order valence-electron chi connectivity index (χ1n) is 3.99. The van der Waals surface area contributed by atoms with Crippen molar-refractivity contribution in [3.8, 4) is 11.3 Å². The van der Waals surface area contributed by atoms with E-state index in [2.05, 4.69) is 9.97 Å². The van der Waals surface area contributed by atoms with E-state index in [0.29, 0.717) is 10.0 Å². The molecule has 0 aromatic carbocycles. The van der Waals surface area contributed by atoms with E-state index in [1.807, 2.05) is 12.1 Å². The zero-order chi connectivity index (χ0) is 9.97. The van der Waals surface area contributed by atoms with Crippen LogP contribution >= 0.6 is 23.2 Å². The summed E-state index contributed by atoms with van der Waals surface area (Å²) in [5.41, 5.74) is 1.65. The van der Waals surface area contributed by atoms with Crippen molar-refractivity contribution in [2.24, 2.45) is 0 Å². The number of aromatic nitrogens is 2. The first kappa shape index (κ1) is 9.44. The van der Waals surface area contributed by atoms with E-state index in [-0.39, 0.29) is 0 Å². The topological polar surface area (TPSA) is 25.8 Å². The number of halogens is 2. The molecular formula is C10H6Cl2N2. The fourth-order valence-electron chi connectivity index (χ4n) is 1.14. The maximum absolute atomic E-state index is 6.00. The molecule has 2 nitrogen and oxygen atoms in total. The van der Waals surface area contributed by atoms with Gasteiger partial charge in [-0.25, -0.2) is 0 Å². The number of hydrogen-bond donors (Lipinski definition) is 0. The van der Waals surface area contributed by atoms with E-state index in [1.54, 1.807) is 24.7 Å². The van der Waals surface area contributed by atoms with E-state index in [4.69, 9.17) is 23.2 Å². The summed E-state index contributed by atoms with van der Waals surface area (Å²) in [4.78, 5) is 8.08. The molecule has 0 bridgehead atoms. The average molecular weight is 225 g/mol. The second kappa shape index (κ2) is 3.95. The van der Waals surface area contributed by atoms with Gasteiger partial charge in [0.25, 0.3) is 0 Å². The van der Waals surface area contributed by atoms with Crippen molar-refractivity contribution in [2.45, 2.75) is 0 Å². The van der Waals surface area contributed by atoms with Gasteiger partial charge >= 0.3 is 0 Å². The molecule has 2 rings (SSSR count). The molecule has 0 radical (unpaired) electrons. The van der Waals surface area contributed by atoms with Gasteiger partial charge in [-0.15, -0.1) is 0 Å². The van der Waals surface area contributed by atoms with Gasteiger partial charge in [-0.3, -0.25) is 9.97 Å². The fraction of sp³-hybridized carbons (Fsp3) is 0. The lowest BCUT2D eigenvalue weighted by Gasteiger charge is -2.02. The smallest absolute Gasteiger partial charge is 0.0890 e. The molecule has 2 aromatic heterocycles. The molecule has 0 fully saturated rings. The molecule has 14 heavy (non-hydrogen) atoms. The van der Waals surface area contributed by atoms with Crippen LogP contribution in [0.2, 0.25) is 10.0 Å². The van der Waals surface area contributed by atoms with Crippen LogP contribution in [0.25, 0.3) is 11.3 Å². The SMILES string of the molecule is Clc1cnc(-c2ccncc2)c(Cl)c1. The minimum absolute atomic E-state index is 0.535. The normalized spacial score (nSPS) is 10.1. The second-order valence-corrected chi connectivity index (χ2v) is 3.56. The third-order valence-electron chi connectivity index (χ3n) is 1.76. The maximum Gasteiger partial charge on any atom is 0.0890 e. The minimum Gasteiger partial charge on any atom is -0.265 e. The summed E-state index contributed by atoms with van der Waals surface area (Å²) in [6.07, 6.45) is 4.97. The second-order valence-electron chi connectivity index (χ2n) is 2.72. The molecule has 0 aliphatic rings. The lowest BCUT2D eigenvalue weighted by Crippen LogP contribution is -1.84. The third-order valence-corrected chi connectivity index (χ3v) is 2.26. The van der Waals surface area contributed by atoms with E-state index >= 15 is 0 Å². The van der Waals surface area contributed by atoms with E-state index in [0.717, 1.165) is 11.3 Å². The fourth-order valence-corrected chi connectivity index (χ4v) is 1.63. The Morgan fingerprint density at radius 2 is 1.79 bits per heavy atom. The van der Waals surface area contributed by atoms with Gasteiger partial charge < -0.3 is 0 Å². The van der Waals surface area contributed by atoms with Crippen molar-refractivity contribution < 1.29 is 0 Å². The van der Waals surface area contributed by atoms with Crippen molar-refractivity contribution in [2.75, 3.05) is 0 Å². The first-order chi connectivity index (χ1) is 6.77. The molecule has 2 heterocycles. The molecule has 0 N–H and O–H groups in total. The van der Waals surface area contributed by atoms with Gasteiger partial charge in [-0.05, 0) is 18.2 Å². The maximum atomic E-state index is 6.00. The Morgan fingerprint density at radius 1 is 1.07 bits per heavy atom. The first-order valence-corrected chi connectivity index (χ1v) is 4.74. The molecule has 0 amide bonds. The highest BCUT2D eigenvalue weighted by molar-refractivity contribution is 6.36. The molecule has 70 valence electrons. The van der Waals surface area contributed by atoms with Crippen LogP contribution in [0.15, 0.2) is 36.8 Å². The Hall–Kier alpha value is -1.12. The number of pyridine rings is 2. The van der Waals surface area contributed by atoms with Gasteiger partial charge in [0, 0.05) is 24.2 Å². The van der Waals surface area contributed by atoms with Gasteiger partial charge in [0.2, 0.25) is 0 Å². The average Bonchev–Trinajstić information content (AvgIpc) is 2.19. The Labute approximate surface area is 91.5 Å². The summed E-state index contributed by atoms with van der Waals surface area (Å²) in [5.74, 6) is 0. The number of rotatable bonds is 1. The van der Waals surface area contributed by atoms with Crippen LogP contribution in [0.1, 0.15) is 0 Å². The Balaban J connectivity index is 2.53. The van der Waals surface area contributed by atoms with Crippen LogP contribution < -0.4 is 0 Å². The van der Waals surface area contributed by atoms with Gasteiger partial charge in [-0.1, -0.05) is 23.2 Å². The quantitative estimate of drug-likeness (QED) is 0.742. The van der Waals surface area contributed by atoms with Crippen LogP contribution in [-0.2, 0) is 0 Å². The Kier molecular flexibility index (Phi) is 2.66. The van der Waals surface area contributed by atoms with Gasteiger partial charge in [0.05, 0.1) is 15.7 Å². The molecule has 0 saturated heterocycles. The van der Waals surface area contributed by atoms with Crippen molar-refractivity contribution >= 4 is 23.2 Å². The molecule has 0 spiro atoms. The molecule has 0 aliphatic carbocycles. The Morgan fingerprint density at radius 3 is 2.43 bits per heavy atom. The predicted octanol–water partition coefficient (Wildman–Crippen LogP) is 3.45. The minimum atomic E-state index is 0.535. The molecule has 0 saturated carbocycles. The van der Waals surface area contributed by atoms with E-state index in [9.17, 15) is 0 Å². The summed E-state index contributed by atoms with van der Waals surface area (Å²) >= 11 is 11.7. The van der Waals surface area contributed by atoms with E-state index < -0.39 is 0 Å². The number of hydrogen-bond acceptors (Lipinski definition) is 2.